The molecule has 0 saturated heterocycles. The van der Waals surface area contributed by atoms with Crippen LogP contribution in [-0.2, 0) is 14.8 Å². The Labute approximate surface area is 194 Å². The number of nitrogens with zero attached hydrogens (tertiary/aromatic N) is 3. The number of benzene rings is 3. The molecule has 0 aliphatic rings. The van der Waals surface area contributed by atoms with Gasteiger partial charge in [-0.3, -0.25) is 9.10 Å². The Hall–Kier alpha value is -3.85. The van der Waals surface area contributed by atoms with Gasteiger partial charge in [-0.25, -0.2) is 13.8 Å². The summed E-state index contributed by atoms with van der Waals surface area (Å²) in [5.74, 6) is -0.112. The van der Waals surface area contributed by atoms with Gasteiger partial charge in [0.15, 0.2) is 0 Å². The smallest absolute Gasteiger partial charge is 0.264 e. The van der Waals surface area contributed by atoms with Crippen LogP contribution in [-0.4, -0.2) is 48.3 Å². The number of carbonyl (C=O) groups is 1. The first-order valence-corrected chi connectivity index (χ1v) is 11.6. The van der Waals surface area contributed by atoms with Crippen LogP contribution in [0.2, 0.25) is 0 Å². The molecule has 0 aliphatic carbocycles. The number of methoxy groups -OCH3 is 1. The lowest BCUT2D eigenvalue weighted by molar-refractivity contribution is -0.119. The van der Waals surface area contributed by atoms with Crippen LogP contribution < -0.4 is 19.4 Å². The Balaban J connectivity index is 1.80. The molecule has 0 heterocycles. The van der Waals surface area contributed by atoms with Gasteiger partial charge < -0.3 is 9.64 Å². The predicted molar refractivity (Wildman–Crippen MR) is 130 cm³/mol. The normalized spacial score (nSPS) is 11.2. The van der Waals surface area contributed by atoms with Crippen LogP contribution in [0.4, 0.5) is 11.4 Å². The number of rotatable bonds is 9. The van der Waals surface area contributed by atoms with Crippen molar-refractivity contribution in [2.24, 2.45) is 5.10 Å². The molecule has 1 N–H and O–H groups in total. The van der Waals surface area contributed by atoms with Crippen molar-refractivity contribution in [3.63, 3.8) is 0 Å². The van der Waals surface area contributed by atoms with Crippen molar-refractivity contribution >= 4 is 33.5 Å². The molecule has 8 nitrogen and oxygen atoms in total. The SMILES string of the molecule is COc1cccc(N(CC(=O)N/N=C\c2ccc(N(C)C)cc2)S(=O)(=O)c2ccccc2)c1. The van der Waals surface area contributed by atoms with Gasteiger partial charge in [-0.15, -0.1) is 0 Å². The summed E-state index contributed by atoms with van der Waals surface area (Å²) in [5.41, 5.74) is 4.54. The molecular formula is C24H26N4O4S. The Morgan fingerprint density at radius 1 is 0.970 bits per heavy atom. The summed E-state index contributed by atoms with van der Waals surface area (Å²) >= 11 is 0. The predicted octanol–water partition coefficient (Wildman–Crippen LogP) is 3.11. The highest BCUT2D eigenvalue weighted by atomic mass is 32.2. The van der Waals surface area contributed by atoms with Crippen LogP contribution in [0.25, 0.3) is 0 Å². The first-order valence-electron chi connectivity index (χ1n) is 10.1. The number of sulfonamides is 1. The first-order chi connectivity index (χ1) is 15.8. The molecule has 9 heteroatoms. The fourth-order valence-electron chi connectivity index (χ4n) is 3.00. The second-order valence-corrected chi connectivity index (χ2v) is 9.17. The number of amides is 1. The van der Waals surface area contributed by atoms with Gasteiger partial charge in [-0.05, 0) is 42.0 Å². The fourth-order valence-corrected chi connectivity index (χ4v) is 4.44. The number of hydrazone groups is 1. The van der Waals surface area contributed by atoms with Gasteiger partial charge >= 0.3 is 0 Å². The van der Waals surface area contributed by atoms with Gasteiger partial charge in [0.05, 0.1) is 23.9 Å². The molecule has 0 radical (unpaired) electrons. The summed E-state index contributed by atoms with van der Waals surface area (Å²) in [6.45, 7) is -0.457. The second kappa shape index (κ2) is 10.6. The number of nitrogens with one attached hydrogen (secondary N) is 1. The molecular weight excluding hydrogens is 440 g/mol. The minimum atomic E-state index is -4.00. The molecule has 3 rings (SSSR count). The quantitative estimate of drug-likeness (QED) is 0.387. The summed E-state index contributed by atoms with van der Waals surface area (Å²) in [7, 11) is 1.37. The van der Waals surface area contributed by atoms with Crippen LogP contribution >= 0.6 is 0 Å². The zero-order chi connectivity index (χ0) is 23.8. The van der Waals surface area contributed by atoms with Crippen LogP contribution in [0.1, 0.15) is 5.56 Å². The molecule has 0 aromatic heterocycles. The van der Waals surface area contributed by atoms with E-state index in [9.17, 15) is 13.2 Å². The number of anilines is 2. The summed E-state index contributed by atoms with van der Waals surface area (Å²) in [4.78, 5) is 14.7. The molecule has 0 fully saturated rings. The molecule has 0 aliphatic heterocycles. The van der Waals surface area contributed by atoms with Crippen molar-refractivity contribution in [3.05, 3.63) is 84.4 Å². The summed E-state index contributed by atoms with van der Waals surface area (Å²) in [6, 6.07) is 22.1. The standard InChI is InChI=1S/C24H26N4O4S/c1-27(2)20-14-12-19(13-15-20)17-25-26-24(29)18-28(21-8-7-9-22(16-21)32-3)33(30,31)23-10-5-4-6-11-23/h4-17H,18H2,1-3H3,(H,26,29)/b25-17-. The zero-order valence-corrected chi connectivity index (χ0v) is 19.5. The van der Waals surface area contributed by atoms with E-state index >= 15 is 0 Å². The van der Waals surface area contributed by atoms with E-state index in [-0.39, 0.29) is 4.90 Å². The highest BCUT2D eigenvalue weighted by molar-refractivity contribution is 7.92. The van der Waals surface area contributed by atoms with Crippen LogP contribution in [0.15, 0.2) is 88.9 Å². The molecule has 33 heavy (non-hydrogen) atoms. The molecule has 172 valence electrons. The van der Waals surface area contributed by atoms with Gasteiger partial charge in [0, 0.05) is 25.8 Å². The Bertz CT molecular complexity index is 1210. The lowest BCUT2D eigenvalue weighted by atomic mass is 10.2. The van der Waals surface area contributed by atoms with Crippen LogP contribution in [0.3, 0.4) is 0 Å². The third-order valence-corrected chi connectivity index (χ3v) is 6.56. The topological polar surface area (TPSA) is 91.3 Å². The van der Waals surface area contributed by atoms with E-state index < -0.39 is 22.5 Å². The van der Waals surface area contributed by atoms with Gasteiger partial charge in [0.2, 0.25) is 0 Å². The average Bonchev–Trinajstić information content (AvgIpc) is 2.83. The maximum Gasteiger partial charge on any atom is 0.264 e. The van der Waals surface area contributed by atoms with Gasteiger partial charge in [-0.1, -0.05) is 36.4 Å². The van der Waals surface area contributed by atoms with E-state index in [2.05, 4.69) is 10.5 Å². The first kappa shape index (κ1) is 23.8. The number of hydrogen-bond donors (Lipinski definition) is 1. The molecule has 0 spiro atoms. The molecule has 0 saturated carbocycles. The van der Waals surface area contributed by atoms with Crippen molar-refractivity contribution < 1.29 is 17.9 Å². The Kier molecular flexibility index (Phi) is 7.68. The maximum absolute atomic E-state index is 13.3. The molecule has 1 amide bonds. The molecule has 3 aromatic carbocycles. The third-order valence-electron chi connectivity index (χ3n) is 4.77. The van der Waals surface area contributed by atoms with Crippen molar-refractivity contribution in [3.8, 4) is 5.75 Å². The molecule has 3 aromatic rings. The third kappa shape index (κ3) is 6.11. The van der Waals surface area contributed by atoms with Crippen LogP contribution in [0.5, 0.6) is 5.75 Å². The van der Waals surface area contributed by atoms with E-state index in [4.69, 9.17) is 4.74 Å². The van der Waals surface area contributed by atoms with Crippen LogP contribution in [0, 0.1) is 0 Å². The van der Waals surface area contributed by atoms with E-state index in [0.29, 0.717) is 11.4 Å². The summed E-state index contributed by atoms with van der Waals surface area (Å²) in [6.07, 6.45) is 1.50. The Morgan fingerprint density at radius 3 is 2.30 bits per heavy atom. The Morgan fingerprint density at radius 2 is 1.67 bits per heavy atom. The summed E-state index contributed by atoms with van der Waals surface area (Å²) < 4.78 is 32.9. The van der Waals surface area contributed by atoms with Crippen molar-refractivity contribution in [2.45, 2.75) is 4.90 Å². The fraction of sp³-hybridized carbons (Fsp3) is 0.167. The highest BCUT2D eigenvalue weighted by Gasteiger charge is 2.27. The number of carbonyl (C=O) groups excluding carboxylic acids is 1. The summed E-state index contributed by atoms with van der Waals surface area (Å²) in [5, 5.41) is 3.97. The number of hydrogen-bond acceptors (Lipinski definition) is 6. The van der Waals surface area contributed by atoms with Gasteiger partial charge in [0.25, 0.3) is 15.9 Å². The minimum absolute atomic E-state index is 0.0742. The monoisotopic (exact) mass is 466 g/mol. The van der Waals surface area contributed by atoms with Crippen molar-refractivity contribution in [1.29, 1.82) is 0 Å². The highest BCUT2D eigenvalue weighted by Crippen LogP contribution is 2.26. The molecule has 0 bridgehead atoms. The van der Waals surface area contributed by atoms with E-state index in [1.54, 1.807) is 42.5 Å². The van der Waals surface area contributed by atoms with Crippen molar-refractivity contribution in [2.75, 3.05) is 37.0 Å². The maximum atomic E-state index is 13.3. The lowest BCUT2D eigenvalue weighted by Gasteiger charge is -2.24. The zero-order valence-electron chi connectivity index (χ0n) is 18.7. The largest absolute Gasteiger partial charge is 0.497 e. The van der Waals surface area contributed by atoms with Gasteiger partial charge in [-0.2, -0.15) is 5.10 Å². The second-order valence-electron chi connectivity index (χ2n) is 7.31. The van der Waals surface area contributed by atoms with Crippen molar-refractivity contribution in [1.82, 2.24) is 5.43 Å². The van der Waals surface area contributed by atoms with E-state index in [1.165, 1.54) is 25.5 Å². The number of ether oxygens (including phenoxy) is 1. The van der Waals surface area contributed by atoms with Gasteiger partial charge in [0.1, 0.15) is 12.3 Å². The minimum Gasteiger partial charge on any atom is -0.497 e. The molecule has 0 unspecified atom stereocenters. The van der Waals surface area contributed by atoms with E-state index in [1.807, 2.05) is 43.3 Å². The molecule has 0 atom stereocenters. The average molecular weight is 467 g/mol. The lowest BCUT2D eigenvalue weighted by Crippen LogP contribution is -2.39. The van der Waals surface area contributed by atoms with E-state index in [0.717, 1.165) is 15.6 Å².